The Balaban J connectivity index is 0.877. The molecule has 14 aromatic carbocycles. The minimum absolute atomic E-state index is 0.924. The summed E-state index contributed by atoms with van der Waals surface area (Å²) in [5.41, 5.74) is 25.3. The van der Waals surface area contributed by atoms with Crippen LogP contribution in [0.15, 0.2) is 291 Å². The lowest BCUT2D eigenvalue weighted by molar-refractivity contribution is 1.41. The van der Waals surface area contributed by atoms with Gasteiger partial charge in [-0.3, -0.25) is 0 Å². The molecule has 0 bridgehead atoms. The van der Waals surface area contributed by atoms with Crippen LogP contribution in [0.2, 0.25) is 0 Å². The lowest BCUT2D eigenvalue weighted by Crippen LogP contribution is -1.92. The molecule has 0 fully saturated rings. The summed E-state index contributed by atoms with van der Waals surface area (Å²) in [6.07, 6.45) is 20.6. The van der Waals surface area contributed by atoms with Crippen molar-refractivity contribution in [2.24, 2.45) is 0 Å². The molecule has 4 aliphatic carbocycles. The second-order valence-corrected chi connectivity index (χ2v) is 23.2. The fraction of sp³-hybridized carbons (Fsp3) is 0.0238. The van der Waals surface area contributed by atoms with Crippen LogP contribution < -0.4 is 0 Å². The molecule has 0 N–H and O–H groups in total. The summed E-state index contributed by atoms with van der Waals surface area (Å²) in [6.45, 7) is 0. The van der Waals surface area contributed by atoms with Gasteiger partial charge in [0, 0.05) is 0 Å². The van der Waals surface area contributed by atoms with Gasteiger partial charge in [0.15, 0.2) is 0 Å². The molecule has 84 heavy (non-hydrogen) atoms. The standard InChI is InChI=1S/C84H52/c1-7-19-51(20-8-1)56-35-37-65-73(45-56)71(47-77-69-41-39-61(54-23-11-3-12-24-54)81-67-29-17-5-15-27-63(67)79(83(69)81)49-75(65)77)58-33-31-53-32-34-59(44-60(53)43-58)72-48-78-70-42-40-62(55-25-13-4-14-26-55)82-68-30-18-6-16-28-64(68)80(84(70)82)50-76(78)66-38-36-57(46-74(66)72)52-21-9-2-10-22-52/h1-4,7-50H,5-6H2. The van der Waals surface area contributed by atoms with Crippen LogP contribution in [0, 0.1) is 0 Å². The van der Waals surface area contributed by atoms with Crippen molar-refractivity contribution in [3.63, 3.8) is 0 Å². The van der Waals surface area contributed by atoms with E-state index >= 15 is 0 Å². The van der Waals surface area contributed by atoms with E-state index in [1.807, 2.05) is 0 Å². The highest BCUT2D eigenvalue weighted by Gasteiger charge is 2.30. The Morgan fingerprint density at radius 1 is 0.190 bits per heavy atom. The van der Waals surface area contributed by atoms with E-state index in [4.69, 9.17) is 0 Å². The van der Waals surface area contributed by atoms with E-state index < -0.39 is 0 Å². The summed E-state index contributed by atoms with van der Waals surface area (Å²) >= 11 is 0. The van der Waals surface area contributed by atoms with Gasteiger partial charge in [0.05, 0.1) is 0 Å². The second-order valence-electron chi connectivity index (χ2n) is 23.2. The van der Waals surface area contributed by atoms with Gasteiger partial charge in [-0.05, 0) is 248 Å². The van der Waals surface area contributed by atoms with Crippen LogP contribution in [-0.4, -0.2) is 0 Å². The van der Waals surface area contributed by atoms with E-state index in [0.29, 0.717) is 0 Å². The first-order valence-corrected chi connectivity index (χ1v) is 29.6. The van der Waals surface area contributed by atoms with Crippen molar-refractivity contribution < 1.29 is 0 Å². The Kier molecular flexibility index (Phi) is 10.3. The maximum absolute atomic E-state index is 2.52. The van der Waals surface area contributed by atoms with Crippen molar-refractivity contribution in [3.8, 4) is 66.8 Å². The predicted molar refractivity (Wildman–Crippen MR) is 361 cm³/mol. The Hall–Kier alpha value is -10.7. The van der Waals surface area contributed by atoms with Crippen LogP contribution in [0.1, 0.15) is 35.1 Å². The van der Waals surface area contributed by atoms with Crippen molar-refractivity contribution in [2.45, 2.75) is 12.8 Å². The SMILES string of the molecule is C1=CC2=C(C=CC1)c1c(-c3ccccc3)ccc3c1c2cc1c2ccc(-c4ccccc4)cc2c(-c2ccc4ccc(-c5cc6c7ccc(-c8ccccc8)c8c7c(cc6c6ccc(-c7ccccc7)cc56)C5=C8C=CCC=C5)cc4c2)cc31. The highest BCUT2D eigenvalue weighted by Crippen LogP contribution is 2.54. The third-order valence-corrected chi connectivity index (χ3v) is 18.7. The Bertz CT molecular complexity index is 5070. The van der Waals surface area contributed by atoms with Gasteiger partial charge in [-0.15, -0.1) is 0 Å². The normalized spacial score (nSPS) is 14.0. The summed E-state index contributed by atoms with van der Waals surface area (Å²) in [4.78, 5) is 0. The molecule has 0 atom stereocenters. The summed E-state index contributed by atoms with van der Waals surface area (Å²) in [6, 6.07) is 91.9. The monoisotopic (exact) mass is 1060 g/mol. The van der Waals surface area contributed by atoms with Crippen LogP contribution >= 0.6 is 0 Å². The third-order valence-electron chi connectivity index (χ3n) is 18.7. The molecule has 0 radical (unpaired) electrons. The summed E-state index contributed by atoms with van der Waals surface area (Å²) < 4.78 is 0. The molecular weight excluding hydrogens is 1010 g/mol. The predicted octanol–water partition coefficient (Wildman–Crippen LogP) is 23.2. The molecule has 14 aromatic rings. The molecule has 0 nitrogen and oxygen atoms in total. The van der Waals surface area contributed by atoms with Crippen molar-refractivity contribution in [1.82, 2.24) is 0 Å². The molecule has 0 unspecified atom stereocenters. The van der Waals surface area contributed by atoms with Crippen molar-refractivity contribution in [3.05, 3.63) is 314 Å². The van der Waals surface area contributed by atoms with Crippen molar-refractivity contribution >= 4 is 97.7 Å². The van der Waals surface area contributed by atoms with Gasteiger partial charge in [-0.1, -0.05) is 243 Å². The summed E-state index contributed by atoms with van der Waals surface area (Å²) in [5, 5.41) is 17.8. The topological polar surface area (TPSA) is 0 Å². The fourth-order valence-electron chi connectivity index (χ4n) is 14.8. The van der Waals surface area contributed by atoms with E-state index in [2.05, 4.69) is 291 Å². The first-order chi connectivity index (χ1) is 41.7. The zero-order valence-corrected chi connectivity index (χ0v) is 46.1. The van der Waals surface area contributed by atoms with Crippen LogP contribution in [0.3, 0.4) is 0 Å². The molecule has 0 spiro atoms. The summed E-state index contributed by atoms with van der Waals surface area (Å²) in [5.74, 6) is 0. The smallest absolute Gasteiger partial charge is 0.00137 e. The molecule has 0 amide bonds. The van der Waals surface area contributed by atoms with E-state index in [1.54, 1.807) is 0 Å². The molecule has 0 saturated carbocycles. The number of hydrogen-bond donors (Lipinski definition) is 0. The number of allylic oxidation sites excluding steroid dienone is 12. The van der Waals surface area contributed by atoms with Gasteiger partial charge in [0.25, 0.3) is 0 Å². The summed E-state index contributed by atoms with van der Waals surface area (Å²) in [7, 11) is 0. The molecule has 388 valence electrons. The average Bonchev–Trinajstić information content (AvgIpc) is 1.86. The highest BCUT2D eigenvalue weighted by atomic mass is 14.3. The minimum atomic E-state index is 0.924. The maximum atomic E-state index is 2.52. The first kappa shape index (κ1) is 47.0. The zero-order chi connectivity index (χ0) is 55.0. The lowest BCUT2D eigenvalue weighted by Gasteiger charge is -2.18. The Morgan fingerprint density at radius 2 is 0.548 bits per heavy atom. The Morgan fingerprint density at radius 3 is 0.976 bits per heavy atom. The highest BCUT2D eigenvalue weighted by molar-refractivity contribution is 6.32. The second kappa shape index (κ2) is 18.4. The number of benzene rings is 14. The Labute approximate surface area is 487 Å². The number of rotatable bonds is 6. The quantitative estimate of drug-likeness (QED) is 0.146. The van der Waals surface area contributed by atoms with Crippen molar-refractivity contribution in [1.29, 1.82) is 0 Å². The van der Waals surface area contributed by atoms with Gasteiger partial charge in [0.2, 0.25) is 0 Å². The molecular formula is C84H52. The van der Waals surface area contributed by atoms with Gasteiger partial charge in [-0.2, -0.15) is 0 Å². The van der Waals surface area contributed by atoms with Gasteiger partial charge >= 0.3 is 0 Å². The molecule has 0 heterocycles. The fourth-order valence-corrected chi connectivity index (χ4v) is 14.8. The maximum Gasteiger partial charge on any atom is -0.00137 e. The minimum Gasteiger partial charge on any atom is -0.0801 e. The molecule has 4 aliphatic rings. The van der Waals surface area contributed by atoms with Crippen LogP contribution in [-0.2, 0) is 0 Å². The van der Waals surface area contributed by atoms with E-state index in [9.17, 15) is 0 Å². The van der Waals surface area contributed by atoms with Crippen molar-refractivity contribution in [2.75, 3.05) is 0 Å². The largest absolute Gasteiger partial charge is 0.0801 e. The molecule has 0 aromatic heterocycles. The zero-order valence-electron chi connectivity index (χ0n) is 46.1. The lowest BCUT2D eigenvalue weighted by atomic mass is 9.85. The third kappa shape index (κ3) is 7.08. The van der Waals surface area contributed by atoms with E-state index in [-0.39, 0.29) is 0 Å². The molecule has 18 rings (SSSR count). The molecule has 0 saturated heterocycles. The van der Waals surface area contributed by atoms with Crippen LogP contribution in [0.4, 0.5) is 0 Å². The average molecular weight is 1060 g/mol. The van der Waals surface area contributed by atoms with Gasteiger partial charge in [-0.25, -0.2) is 0 Å². The molecule has 0 heteroatoms. The van der Waals surface area contributed by atoms with E-state index in [0.717, 1.165) is 12.8 Å². The number of hydrogen-bond acceptors (Lipinski definition) is 0. The number of fused-ring (bicyclic) bond motifs is 13. The van der Waals surface area contributed by atoms with Gasteiger partial charge < -0.3 is 0 Å². The van der Waals surface area contributed by atoms with Gasteiger partial charge in [0.1, 0.15) is 0 Å². The first-order valence-electron chi connectivity index (χ1n) is 29.6. The van der Waals surface area contributed by atoms with Crippen LogP contribution in [0.25, 0.3) is 164 Å². The van der Waals surface area contributed by atoms with Crippen LogP contribution in [0.5, 0.6) is 0 Å². The van der Waals surface area contributed by atoms with E-state index in [1.165, 1.54) is 187 Å². The molecule has 0 aliphatic heterocycles.